The summed E-state index contributed by atoms with van der Waals surface area (Å²) in [6.45, 7) is 0. The smallest absolute Gasteiger partial charge is 0.127 e. The topological polar surface area (TPSA) is 29.5 Å². The molecule has 0 saturated heterocycles. The van der Waals surface area contributed by atoms with Gasteiger partial charge in [0.1, 0.15) is 11.9 Å². The van der Waals surface area contributed by atoms with Crippen LogP contribution in [0.2, 0.25) is 5.02 Å². The van der Waals surface area contributed by atoms with Crippen LogP contribution in [0.1, 0.15) is 29.8 Å². The van der Waals surface area contributed by atoms with Crippen LogP contribution >= 0.6 is 27.5 Å². The first kappa shape index (κ1) is 13.0. The molecule has 2 aromatic rings. The normalized spacial score (nSPS) is 21.6. The number of fused-ring (bicyclic) bond motifs is 1. The first-order chi connectivity index (χ1) is 9.13. The second-order valence-corrected chi connectivity index (χ2v) is 5.95. The van der Waals surface area contributed by atoms with E-state index in [1.165, 1.54) is 0 Å². The maximum atomic E-state index is 10.3. The molecule has 4 heteroatoms. The first-order valence-electron chi connectivity index (χ1n) is 6.03. The summed E-state index contributed by atoms with van der Waals surface area (Å²) in [4.78, 5) is 0. The third-order valence-electron chi connectivity index (χ3n) is 3.26. The molecule has 1 heterocycles. The van der Waals surface area contributed by atoms with Gasteiger partial charge in [-0.05, 0) is 35.9 Å². The van der Waals surface area contributed by atoms with Gasteiger partial charge in [-0.3, -0.25) is 0 Å². The Hall–Kier alpha value is -1.03. The molecule has 1 N–H and O–H groups in total. The summed E-state index contributed by atoms with van der Waals surface area (Å²) < 4.78 is 6.90. The van der Waals surface area contributed by atoms with Gasteiger partial charge < -0.3 is 9.84 Å². The van der Waals surface area contributed by atoms with Crippen LogP contribution in [0.15, 0.2) is 46.9 Å². The molecule has 0 saturated carbocycles. The highest BCUT2D eigenvalue weighted by Gasteiger charge is 2.28. The van der Waals surface area contributed by atoms with Crippen molar-refractivity contribution in [1.82, 2.24) is 0 Å². The quantitative estimate of drug-likeness (QED) is 0.819. The molecular formula is C15H12BrClO2. The van der Waals surface area contributed by atoms with E-state index in [0.29, 0.717) is 11.4 Å². The number of benzene rings is 2. The highest BCUT2D eigenvalue weighted by molar-refractivity contribution is 9.10. The Labute approximate surface area is 125 Å². The molecule has 0 spiro atoms. The van der Waals surface area contributed by atoms with Gasteiger partial charge in [0.15, 0.2) is 0 Å². The highest BCUT2D eigenvalue weighted by atomic mass is 79.9. The second-order valence-electron chi connectivity index (χ2n) is 4.60. The molecule has 0 fully saturated rings. The Kier molecular flexibility index (Phi) is 3.52. The van der Waals surface area contributed by atoms with Gasteiger partial charge in [-0.25, -0.2) is 0 Å². The van der Waals surface area contributed by atoms with Crippen molar-refractivity contribution in [2.24, 2.45) is 0 Å². The Morgan fingerprint density at radius 2 is 2.05 bits per heavy atom. The second kappa shape index (κ2) is 5.16. The fourth-order valence-electron chi connectivity index (χ4n) is 2.33. The van der Waals surface area contributed by atoms with Crippen LogP contribution in [0, 0.1) is 0 Å². The molecule has 0 amide bonds. The van der Waals surface area contributed by atoms with Gasteiger partial charge in [0.05, 0.1) is 6.10 Å². The molecule has 1 unspecified atom stereocenters. The predicted octanol–water partition coefficient (Wildman–Crippen LogP) is 4.66. The van der Waals surface area contributed by atoms with Gasteiger partial charge in [-0.15, -0.1) is 0 Å². The predicted molar refractivity (Wildman–Crippen MR) is 78.5 cm³/mol. The first-order valence-corrected chi connectivity index (χ1v) is 7.20. The van der Waals surface area contributed by atoms with Gasteiger partial charge in [-0.2, -0.15) is 0 Å². The van der Waals surface area contributed by atoms with Crippen LogP contribution in [0.5, 0.6) is 5.75 Å². The summed E-state index contributed by atoms with van der Waals surface area (Å²) in [6, 6.07) is 13.2. The summed E-state index contributed by atoms with van der Waals surface area (Å²) in [5, 5.41) is 10.9. The summed E-state index contributed by atoms with van der Waals surface area (Å²) >= 11 is 9.40. The molecule has 0 aliphatic carbocycles. The van der Waals surface area contributed by atoms with E-state index in [-0.39, 0.29) is 6.10 Å². The average molecular weight is 340 g/mol. The van der Waals surface area contributed by atoms with Crippen molar-refractivity contribution in [2.45, 2.75) is 18.6 Å². The zero-order chi connectivity index (χ0) is 13.4. The van der Waals surface area contributed by atoms with E-state index in [1.54, 1.807) is 0 Å². The van der Waals surface area contributed by atoms with Crippen molar-refractivity contribution in [2.75, 3.05) is 0 Å². The van der Waals surface area contributed by atoms with Crippen LogP contribution in [0.4, 0.5) is 0 Å². The van der Waals surface area contributed by atoms with E-state index >= 15 is 0 Å². The van der Waals surface area contributed by atoms with E-state index in [2.05, 4.69) is 15.9 Å². The van der Waals surface area contributed by atoms with E-state index in [1.807, 2.05) is 42.5 Å². The van der Waals surface area contributed by atoms with Crippen LogP contribution in [0.3, 0.4) is 0 Å². The lowest BCUT2D eigenvalue weighted by molar-refractivity contribution is 0.0657. The Morgan fingerprint density at radius 1 is 1.21 bits per heavy atom. The zero-order valence-corrected chi connectivity index (χ0v) is 12.4. The molecule has 0 aromatic heterocycles. The summed E-state index contributed by atoms with van der Waals surface area (Å²) in [5.41, 5.74) is 1.81. The lowest BCUT2D eigenvalue weighted by atomic mass is 9.95. The van der Waals surface area contributed by atoms with Crippen molar-refractivity contribution < 1.29 is 9.84 Å². The summed E-state index contributed by atoms with van der Waals surface area (Å²) in [5.74, 6) is 0.729. The van der Waals surface area contributed by atoms with Crippen molar-refractivity contribution in [1.29, 1.82) is 0 Å². The molecule has 2 nitrogen and oxygen atoms in total. The van der Waals surface area contributed by atoms with Gasteiger partial charge in [0, 0.05) is 21.5 Å². The van der Waals surface area contributed by atoms with Crippen LogP contribution in [-0.4, -0.2) is 5.11 Å². The van der Waals surface area contributed by atoms with Crippen LogP contribution in [0.25, 0.3) is 0 Å². The van der Waals surface area contributed by atoms with E-state index in [9.17, 15) is 5.11 Å². The molecular weight excluding hydrogens is 328 g/mol. The van der Waals surface area contributed by atoms with Gasteiger partial charge in [0.2, 0.25) is 0 Å². The fraction of sp³-hybridized carbons (Fsp3) is 0.200. The van der Waals surface area contributed by atoms with E-state index in [0.717, 1.165) is 21.3 Å². The van der Waals surface area contributed by atoms with Crippen molar-refractivity contribution >= 4 is 27.5 Å². The highest BCUT2D eigenvalue weighted by Crippen LogP contribution is 2.41. The number of halogens is 2. The average Bonchev–Trinajstić information content (AvgIpc) is 2.39. The molecule has 1 aliphatic rings. The van der Waals surface area contributed by atoms with E-state index < -0.39 is 6.10 Å². The third-order valence-corrected chi connectivity index (χ3v) is 3.99. The van der Waals surface area contributed by atoms with E-state index in [4.69, 9.17) is 16.3 Å². The minimum atomic E-state index is -0.523. The molecule has 98 valence electrons. The Balaban J connectivity index is 1.95. The minimum Gasteiger partial charge on any atom is -0.485 e. The largest absolute Gasteiger partial charge is 0.485 e. The van der Waals surface area contributed by atoms with Gasteiger partial charge in [0.25, 0.3) is 0 Å². The molecule has 19 heavy (non-hydrogen) atoms. The maximum Gasteiger partial charge on any atom is 0.127 e. The third kappa shape index (κ3) is 2.64. The standard InChI is InChI=1S/C15H12BrClO2/c16-10-4-5-14-12(7-10)13(18)8-15(19-14)9-2-1-3-11(17)6-9/h1-7,13,15,18H,8H2/t13-,15?/m1/s1. The van der Waals surface area contributed by atoms with Crippen LogP contribution < -0.4 is 4.74 Å². The summed E-state index contributed by atoms with van der Waals surface area (Å²) in [6.07, 6.45) is -0.156. The van der Waals surface area contributed by atoms with Gasteiger partial charge in [-0.1, -0.05) is 39.7 Å². The Morgan fingerprint density at radius 3 is 2.84 bits per heavy atom. The molecule has 1 aliphatic heterocycles. The Bertz CT molecular complexity index is 615. The SMILES string of the molecule is O[C@@H]1CC(c2cccc(Cl)c2)Oc2ccc(Br)cc21. The lowest BCUT2D eigenvalue weighted by Crippen LogP contribution is -2.19. The molecule has 0 radical (unpaired) electrons. The van der Waals surface area contributed by atoms with Crippen LogP contribution in [-0.2, 0) is 0 Å². The van der Waals surface area contributed by atoms with Crippen molar-refractivity contribution in [3.05, 3.63) is 63.1 Å². The number of hydrogen-bond donors (Lipinski definition) is 1. The molecule has 0 bridgehead atoms. The number of rotatable bonds is 1. The number of aliphatic hydroxyl groups excluding tert-OH is 1. The maximum absolute atomic E-state index is 10.3. The van der Waals surface area contributed by atoms with Gasteiger partial charge >= 0.3 is 0 Å². The summed E-state index contributed by atoms with van der Waals surface area (Å²) in [7, 11) is 0. The number of hydrogen-bond acceptors (Lipinski definition) is 2. The molecule has 2 atom stereocenters. The number of aliphatic hydroxyl groups is 1. The molecule has 3 rings (SSSR count). The van der Waals surface area contributed by atoms with Crippen molar-refractivity contribution in [3.8, 4) is 5.75 Å². The monoisotopic (exact) mass is 338 g/mol. The fourth-order valence-corrected chi connectivity index (χ4v) is 2.91. The number of ether oxygens (including phenoxy) is 1. The lowest BCUT2D eigenvalue weighted by Gasteiger charge is -2.30. The zero-order valence-electron chi connectivity index (χ0n) is 10.0. The minimum absolute atomic E-state index is 0.164. The van der Waals surface area contributed by atoms with Crippen molar-refractivity contribution in [3.63, 3.8) is 0 Å². The molecule has 2 aromatic carbocycles.